The van der Waals surface area contributed by atoms with Gasteiger partial charge in [-0.3, -0.25) is 9.78 Å². The molecule has 3 aromatic rings. The second-order valence-corrected chi connectivity index (χ2v) is 8.83. The average Bonchev–Trinajstić information content (AvgIpc) is 2.75. The average molecular weight is 427 g/mol. The van der Waals surface area contributed by atoms with Crippen molar-refractivity contribution < 1.29 is 17.6 Å². The Morgan fingerprint density at radius 2 is 1.70 bits per heavy atom. The molecule has 1 unspecified atom stereocenters. The number of ketones is 1. The van der Waals surface area contributed by atoms with Gasteiger partial charge in [-0.15, -0.1) is 0 Å². The number of halogens is 1. The minimum absolute atomic E-state index is 0.0126. The van der Waals surface area contributed by atoms with Crippen LogP contribution in [0, 0.1) is 5.82 Å². The van der Waals surface area contributed by atoms with Gasteiger partial charge in [0.1, 0.15) is 5.82 Å². The number of rotatable bonds is 8. The van der Waals surface area contributed by atoms with Gasteiger partial charge in [-0.2, -0.15) is 4.31 Å². The predicted molar refractivity (Wildman–Crippen MR) is 113 cm³/mol. The normalized spacial score (nSPS) is 12.7. The summed E-state index contributed by atoms with van der Waals surface area (Å²) in [5.41, 5.74) is 1.93. The molecule has 0 spiro atoms. The van der Waals surface area contributed by atoms with Crippen molar-refractivity contribution in [3.05, 3.63) is 95.6 Å². The zero-order chi connectivity index (χ0) is 21.7. The Morgan fingerprint density at radius 1 is 1.03 bits per heavy atom. The van der Waals surface area contributed by atoms with Crippen molar-refractivity contribution >= 4 is 15.8 Å². The zero-order valence-corrected chi connectivity index (χ0v) is 17.6. The quantitative estimate of drug-likeness (QED) is 0.487. The SMILES string of the molecule is CCC(c1ccccn1)N(Cc1ccc(C(C)=O)cc1)S(=O)(=O)c1ccc(F)cc1. The summed E-state index contributed by atoms with van der Waals surface area (Å²) in [6, 6.07) is 16.5. The maximum Gasteiger partial charge on any atom is 0.243 e. The summed E-state index contributed by atoms with van der Waals surface area (Å²) in [4.78, 5) is 15.9. The monoisotopic (exact) mass is 426 g/mol. The van der Waals surface area contributed by atoms with Crippen molar-refractivity contribution in [2.45, 2.75) is 37.8 Å². The van der Waals surface area contributed by atoms with Gasteiger partial charge in [-0.1, -0.05) is 37.3 Å². The Labute approximate surface area is 176 Å². The van der Waals surface area contributed by atoms with Crippen molar-refractivity contribution in [3.63, 3.8) is 0 Å². The van der Waals surface area contributed by atoms with Gasteiger partial charge in [0.15, 0.2) is 5.78 Å². The molecule has 0 bridgehead atoms. The van der Waals surface area contributed by atoms with Crippen LogP contribution >= 0.6 is 0 Å². The molecule has 30 heavy (non-hydrogen) atoms. The van der Waals surface area contributed by atoms with Gasteiger partial charge in [0, 0.05) is 18.3 Å². The fraction of sp³-hybridized carbons (Fsp3) is 0.217. The van der Waals surface area contributed by atoms with Crippen molar-refractivity contribution in [1.29, 1.82) is 0 Å². The highest BCUT2D eigenvalue weighted by molar-refractivity contribution is 7.89. The molecule has 0 aliphatic rings. The summed E-state index contributed by atoms with van der Waals surface area (Å²) < 4.78 is 41.8. The highest BCUT2D eigenvalue weighted by Crippen LogP contribution is 2.31. The Balaban J connectivity index is 2.05. The predicted octanol–water partition coefficient (Wildman–Crippen LogP) is 4.77. The molecule has 1 atom stereocenters. The largest absolute Gasteiger partial charge is 0.295 e. The van der Waals surface area contributed by atoms with Gasteiger partial charge < -0.3 is 0 Å². The van der Waals surface area contributed by atoms with Crippen LogP contribution in [0.25, 0.3) is 0 Å². The Bertz CT molecular complexity index is 1100. The number of Topliss-reactive ketones (excluding diaryl/α,β-unsaturated/α-hetero) is 1. The molecule has 0 aliphatic carbocycles. The standard InChI is InChI=1S/C23H23FN2O3S/c1-3-23(22-6-4-5-15-25-22)26(16-18-7-9-19(10-8-18)17(2)27)30(28,29)21-13-11-20(24)12-14-21/h4-15,23H,3,16H2,1-2H3. The topological polar surface area (TPSA) is 67.3 Å². The number of hydrogen-bond donors (Lipinski definition) is 0. The molecule has 0 saturated heterocycles. The number of benzene rings is 2. The molecule has 1 aromatic heterocycles. The Morgan fingerprint density at radius 3 is 2.23 bits per heavy atom. The second-order valence-electron chi connectivity index (χ2n) is 6.94. The van der Waals surface area contributed by atoms with Gasteiger partial charge >= 0.3 is 0 Å². The fourth-order valence-electron chi connectivity index (χ4n) is 3.26. The number of nitrogens with zero attached hydrogens (tertiary/aromatic N) is 2. The van der Waals surface area contributed by atoms with E-state index in [9.17, 15) is 17.6 Å². The molecule has 7 heteroatoms. The number of pyridine rings is 1. The first kappa shape index (κ1) is 21.8. The van der Waals surface area contributed by atoms with E-state index in [0.29, 0.717) is 17.7 Å². The summed E-state index contributed by atoms with van der Waals surface area (Å²) in [6.07, 6.45) is 2.13. The van der Waals surface area contributed by atoms with Crippen molar-refractivity contribution in [3.8, 4) is 0 Å². The first-order chi connectivity index (χ1) is 14.3. The van der Waals surface area contributed by atoms with E-state index in [1.54, 1.807) is 42.6 Å². The Hall–Kier alpha value is -2.90. The van der Waals surface area contributed by atoms with Crippen LogP contribution in [0.4, 0.5) is 4.39 Å². The maximum absolute atomic E-state index is 13.5. The fourth-order valence-corrected chi connectivity index (χ4v) is 4.92. The summed E-state index contributed by atoms with van der Waals surface area (Å²) in [7, 11) is -3.94. The van der Waals surface area contributed by atoms with E-state index in [1.807, 2.05) is 13.0 Å². The van der Waals surface area contributed by atoms with Gasteiger partial charge in [-0.05, 0) is 55.3 Å². The lowest BCUT2D eigenvalue weighted by atomic mass is 10.1. The minimum atomic E-state index is -3.94. The lowest BCUT2D eigenvalue weighted by molar-refractivity contribution is 0.101. The molecular weight excluding hydrogens is 403 g/mol. The molecular formula is C23H23FN2O3S. The smallest absolute Gasteiger partial charge is 0.243 e. The van der Waals surface area contributed by atoms with E-state index in [4.69, 9.17) is 0 Å². The van der Waals surface area contributed by atoms with Crippen LogP contribution in [0.2, 0.25) is 0 Å². The van der Waals surface area contributed by atoms with E-state index < -0.39 is 21.9 Å². The van der Waals surface area contributed by atoms with E-state index in [0.717, 1.165) is 17.7 Å². The molecule has 0 amide bonds. The van der Waals surface area contributed by atoms with Crippen LogP contribution in [0.1, 0.15) is 47.9 Å². The zero-order valence-electron chi connectivity index (χ0n) is 16.8. The molecule has 0 aliphatic heterocycles. The Kier molecular flexibility index (Phi) is 6.74. The molecule has 1 heterocycles. The number of carbonyl (C=O) groups excluding carboxylic acids is 1. The van der Waals surface area contributed by atoms with Gasteiger partial charge in [0.05, 0.1) is 16.6 Å². The van der Waals surface area contributed by atoms with Gasteiger partial charge in [0.25, 0.3) is 0 Å². The highest BCUT2D eigenvalue weighted by atomic mass is 32.2. The molecule has 156 valence electrons. The van der Waals surface area contributed by atoms with Crippen LogP contribution < -0.4 is 0 Å². The third kappa shape index (κ3) is 4.80. The first-order valence-corrected chi connectivity index (χ1v) is 11.0. The molecule has 0 saturated carbocycles. The molecule has 0 fully saturated rings. The third-order valence-corrected chi connectivity index (χ3v) is 6.75. The lowest BCUT2D eigenvalue weighted by Gasteiger charge is -2.30. The van der Waals surface area contributed by atoms with Gasteiger partial charge in [-0.25, -0.2) is 12.8 Å². The lowest BCUT2D eigenvalue weighted by Crippen LogP contribution is -2.34. The molecule has 3 rings (SSSR count). The number of sulfonamides is 1. The van der Waals surface area contributed by atoms with E-state index in [1.165, 1.54) is 23.4 Å². The number of aromatic nitrogens is 1. The number of carbonyl (C=O) groups is 1. The summed E-state index contributed by atoms with van der Waals surface area (Å²) in [6.45, 7) is 3.47. The number of hydrogen-bond acceptors (Lipinski definition) is 4. The minimum Gasteiger partial charge on any atom is -0.295 e. The van der Waals surface area contributed by atoms with Crippen LogP contribution in [0.5, 0.6) is 0 Å². The van der Waals surface area contributed by atoms with Crippen LogP contribution in [-0.2, 0) is 16.6 Å². The van der Waals surface area contributed by atoms with E-state index >= 15 is 0 Å². The van der Waals surface area contributed by atoms with E-state index in [2.05, 4.69) is 4.98 Å². The summed E-state index contributed by atoms with van der Waals surface area (Å²) >= 11 is 0. The van der Waals surface area contributed by atoms with Crippen LogP contribution in [-0.4, -0.2) is 23.5 Å². The highest BCUT2D eigenvalue weighted by Gasteiger charge is 2.32. The molecule has 0 radical (unpaired) electrons. The molecule has 5 nitrogen and oxygen atoms in total. The summed E-state index contributed by atoms with van der Waals surface area (Å²) in [5, 5.41) is 0. The van der Waals surface area contributed by atoms with E-state index in [-0.39, 0.29) is 17.2 Å². The first-order valence-electron chi connectivity index (χ1n) is 9.61. The maximum atomic E-state index is 13.5. The van der Waals surface area contributed by atoms with Crippen LogP contribution in [0.15, 0.2) is 77.8 Å². The van der Waals surface area contributed by atoms with Gasteiger partial charge in [0.2, 0.25) is 10.0 Å². The van der Waals surface area contributed by atoms with Crippen molar-refractivity contribution in [2.24, 2.45) is 0 Å². The summed E-state index contributed by atoms with van der Waals surface area (Å²) in [5.74, 6) is -0.561. The molecule has 0 N–H and O–H groups in total. The van der Waals surface area contributed by atoms with Crippen LogP contribution in [0.3, 0.4) is 0 Å². The third-order valence-electron chi connectivity index (χ3n) is 4.88. The molecule has 2 aromatic carbocycles. The second kappa shape index (κ2) is 9.28. The van der Waals surface area contributed by atoms with Crippen molar-refractivity contribution in [1.82, 2.24) is 9.29 Å². The van der Waals surface area contributed by atoms with Crippen molar-refractivity contribution in [2.75, 3.05) is 0 Å².